The zero-order chi connectivity index (χ0) is 28.6. The van der Waals surface area contributed by atoms with Crippen LogP contribution in [0.25, 0.3) is 22.5 Å². The minimum absolute atomic E-state index is 0.0580. The van der Waals surface area contributed by atoms with Gasteiger partial charge in [-0.05, 0) is 55.1 Å². The Morgan fingerprint density at radius 1 is 0.878 bits per heavy atom. The van der Waals surface area contributed by atoms with Gasteiger partial charge >= 0.3 is 5.97 Å². The predicted octanol–water partition coefficient (Wildman–Crippen LogP) is 7.80. The van der Waals surface area contributed by atoms with Crippen molar-refractivity contribution in [2.45, 2.75) is 17.0 Å². The number of aliphatic imine (C=N–C) groups is 1. The quantitative estimate of drug-likeness (QED) is 0.0595. The monoisotopic (exact) mass is 560 g/mol. The first-order chi connectivity index (χ1) is 20.0. The molecule has 9 heteroatoms. The molecule has 0 aliphatic carbocycles. The maximum absolute atomic E-state index is 11.9. The fraction of sp³-hybridized carbons (Fsp3) is 0.0625. The first kappa shape index (κ1) is 27.4. The molecule has 0 unspecified atom stereocenters. The number of nitro groups is 1. The highest BCUT2D eigenvalue weighted by Crippen LogP contribution is 2.33. The molecule has 0 aliphatic rings. The van der Waals surface area contributed by atoms with Crippen molar-refractivity contribution in [2.24, 2.45) is 4.99 Å². The Kier molecular flexibility index (Phi) is 8.56. The van der Waals surface area contributed by atoms with Gasteiger partial charge in [-0.2, -0.15) is 0 Å². The topological polar surface area (TPSA) is 108 Å². The standard InChI is InChI=1S/C32H24N4O4S/c1-2-40-31(37)24-13-15-26(16-14-24)33-21-25-19-27(36(38)39)17-18-30(25)41-32-34-28(22-9-5-3-6-10-22)20-29(35-32)23-11-7-4-8-12-23/h3-21H,2H2,1H3. The predicted molar refractivity (Wildman–Crippen MR) is 160 cm³/mol. The molecule has 0 bridgehead atoms. The maximum atomic E-state index is 11.9. The summed E-state index contributed by atoms with van der Waals surface area (Å²) in [5, 5.41) is 12.0. The van der Waals surface area contributed by atoms with Gasteiger partial charge in [-0.15, -0.1) is 0 Å². The molecule has 1 heterocycles. The molecule has 0 N–H and O–H groups in total. The Balaban J connectivity index is 1.51. The maximum Gasteiger partial charge on any atom is 0.338 e. The molecule has 8 nitrogen and oxygen atoms in total. The molecule has 0 radical (unpaired) electrons. The van der Waals surface area contributed by atoms with Crippen LogP contribution in [0.2, 0.25) is 0 Å². The van der Waals surface area contributed by atoms with Crippen LogP contribution < -0.4 is 0 Å². The lowest BCUT2D eigenvalue weighted by atomic mass is 10.1. The SMILES string of the molecule is CCOC(=O)c1ccc(N=Cc2cc([N+](=O)[O-])ccc2Sc2nc(-c3ccccc3)cc(-c3ccccc3)n2)cc1. The second kappa shape index (κ2) is 12.8. The molecule has 202 valence electrons. The summed E-state index contributed by atoms with van der Waals surface area (Å²) in [6, 6.07) is 32.8. The van der Waals surface area contributed by atoms with E-state index in [9.17, 15) is 14.9 Å². The summed E-state index contributed by atoms with van der Waals surface area (Å²) in [5.74, 6) is -0.409. The van der Waals surface area contributed by atoms with Crippen LogP contribution in [0, 0.1) is 10.1 Å². The minimum atomic E-state index is -0.444. The number of nitrogens with zero attached hydrogens (tertiary/aromatic N) is 4. The van der Waals surface area contributed by atoms with E-state index in [0.717, 1.165) is 22.5 Å². The van der Waals surface area contributed by atoms with Gasteiger partial charge in [0.15, 0.2) is 5.16 Å². The number of carbonyl (C=O) groups is 1. The second-order valence-electron chi connectivity index (χ2n) is 8.76. The van der Waals surface area contributed by atoms with E-state index in [1.807, 2.05) is 66.7 Å². The number of non-ortho nitro benzene ring substituents is 1. The molecular weight excluding hydrogens is 536 g/mol. The van der Waals surface area contributed by atoms with Gasteiger partial charge in [0.25, 0.3) is 5.69 Å². The lowest BCUT2D eigenvalue weighted by Crippen LogP contribution is -2.03. The number of nitro benzene ring substituents is 1. The number of aromatic nitrogens is 2. The molecule has 5 rings (SSSR count). The second-order valence-corrected chi connectivity index (χ2v) is 9.77. The number of rotatable bonds is 9. The molecule has 0 saturated heterocycles. The average Bonchev–Trinajstić information content (AvgIpc) is 3.01. The lowest BCUT2D eigenvalue weighted by molar-refractivity contribution is -0.384. The first-order valence-corrected chi connectivity index (χ1v) is 13.6. The fourth-order valence-electron chi connectivity index (χ4n) is 3.97. The molecule has 41 heavy (non-hydrogen) atoms. The molecule has 0 atom stereocenters. The van der Waals surface area contributed by atoms with Crippen molar-refractivity contribution >= 4 is 35.3 Å². The normalized spacial score (nSPS) is 11.0. The molecule has 0 fully saturated rings. The van der Waals surface area contributed by atoms with Gasteiger partial charge in [0.1, 0.15) is 0 Å². The highest BCUT2D eigenvalue weighted by molar-refractivity contribution is 7.99. The highest BCUT2D eigenvalue weighted by Gasteiger charge is 2.15. The third-order valence-corrected chi connectivity index (χ3v) is 6.94. The molecule has 4 aromatic carbocycles. The Labute approximate surface area is 241 Å². The van der Waals surface area contributed by atoms with Gasteiger partial charge in [0.05, 0.1) is 34.2 Å². The van der Waals surface area contributed by atoms with Crippen LogP contribution in [0.5, 0.6) is 0 Å². The average molecular weight is 561 g/mol. The van der Waals surface area contributed by atoms with Gasteiger partial charge < -0.3 is 4.74 Å². The summed E-state index contributed by atoms with van der Waals surface area (Å²) in [6.07, 6.45) is 1.56. The summed E-state index contributed by atoms with van der Waals surface area (Å²) in [5.41, 5.74) is 4.90. The zero-order valence-electron chi connectivity index (χ0n) is 22.0. The fourth-order valence-corrected chi connectivity index (χ4v) is 4.82. The molecule has 0 amide bonds. The van der Waals surface area contributed by atoms with Crippen molar-refractivity contribution in [2.75, 3.05) is 6.61 Å². The molecule has 5 aromatic rings. The largest absolute Gasteiger partial charge is 0.462 e. The molecule has 1 aromatic heterocycles. The van der Waals surface area contributed by atoms with Crippen LogP contribution in [0.3, 0.4) is 0 Å². The van der Waals surface area contributed by atoms with Crippen LogP contribution in [0.1, 0.15) is 22.8 Å². The van der Waals surface area contributed by atoms with E-state index < -0.39 is 10.9 Å². The Morgan fingerprint density at radius 3 is 2.05 bits per heavy atom. The van der Waals surface area contributed by atoms with Crippen molar-refractivity contribution in [3.63, 3.8) is 0 Å². The van der Waals surface area contributed by atoms with Gasteiger partial charge in [-0.3, -0.25) is 15.1 Å². The van der Waals surface area contributed by atoms with E-state index in [1.165, 1.54) is 23.9 Å². The van der Waals surface area contributed by atoms with E-state index in [0.29, 0.717) is 26.9 Å². The van der Waals surface area contributed by atoms with Gasteiger partial charge in [0, 0.05) is 39.9 Å². The molecule has 0 spiro atoms. The first-order valence-electron chi connectivity index (χ1n) is 12.8. The summed E-state index contributed by atoms with van der Waals surface area (Å²) in [6.45, 7) is 2.04. The van der Waals surface area contributed by atoms with E-state index in [2.05, 4.69) is 4.99 Å². The molecule has 0 saturated carbocycles. The Morgan fingerprint density at radius 2 is 1.49 bits per heavy atom. The summed E-state index contributed by atoms with van der Waals surface area (Å²) in [4.78, 5) is 37.9. The van der Waals surface area contributed by atoms with Crippen LogP contribution in [0.4, 0.5) is 11.4 Å². The van der Waals surface area contributed by atoms with Crippen LogP contribution in [-0.2, 0) is 4.74 Å². The smallest absolute Gasteiger partial charge is 0.338 e. The van der Waals surface area contributed by atoms with Crippen molar-refractivity contribution < 1.29 is 14.5 Å². The minimum Gasteiger partial charge on any atom is -0.462 e. The van der Waals surface area contributed by atoms with Crippen LogP contribution >= 0.6 is 11.8 Å². The van der Waals surface area contributed by atoms with E-state index >= 15 is 0 Å². The van der Waals surface area contributed by atoms with Gasteiger partial charge in [-0.1, -0.05) is 60.7 Å². The Hall–Kier alpha value is -5.15. The van der Waals surface area contributed by atoms with E-state index in [4.69, 9.17) is 14.7 Å². The van der Waals surface area contributed by atoms with E-state index in [-0.39, 0.29) is 12.3 Å². The number of benzene rings is 4. The van der Waals surface area contributed by atoms with Crippen molar-refractivity contribution in [3.05, 3.63) is 130 Å². The van der Waals surface area contributed by atoms with Gasteiger partial charge in [0.2, 0.25) is 0 Å². The summed E-state index contributed by atoms with van der Waals surface area (Å²) >= 11 is 1.30. The third kappa shape index (κ3) is 6.90. The van der Waals surface area contributed by atoms with Crippen molar-refractivity contribution in [1.29, 1.82) is 0 Å². The third-order valence-electron chi connectivity index (χ3n) is 5.98. The van der Waals surface area contributed by atoms with Crippen LogP contribution in [-0.4, -0.2) is 33.7 Å². The number of esters is 1. The van der Waals surface area contributed by atoms with Crippen molar-refractivity contribution in [1.82, 2.24) is 9.97 Å². The lowest BCUT2D eigenvalue weighted by Gasteiger charge is -2.10. The summed E-state index contributed by atoms with van der Waals surface area (Å²) < 4.78 is 5.02. The van der Waals surface area contributed by atoms with Crippen LogP contribution in [0.15, 0.2) is 124 Å². The van der Waals surface area contributed by atoms with E-state index in [1.54, 1.807) is 43.5 Å². The molecular formula is C32H24N4O4S. The zero-order valence-corrected chi connectivity index (χ0v) is 22.8. The van der Waals surface area contributed by atoms with Crippen molar-refractivity contribution in [3.8, 4) is 22.5 Å². The number of hydrogen-bond donors (Lipinski definition) is 0. The highest BCUT2D eigenvalue weighted by atomic mass is 32.2. The Bertz CT molecular complexity index is 1650. The summed E-state index contributed by atoms with van der Waals surface area (Å²) in [7, 11) is 0. The molecule has 0 aliphatic heterocycles. The number of carbonyl (C=O) groups excluding carboxylic acids is 1. The number of hydrogen-bond acceptors (Lipinski definition) is 8. The van der Waals surface area contributed by atoms with Gasteiger partial charge in [-0.25, -0.2) is 14.8 Å². The number of ether oxygens (including phenoxy) is 1.